The smallest absolute Gasteiger partial charge is 0.408 e. The normalized spacial score (nSPS) is 11.9. The predicted octanol–water partition coefficient (Wildman–Crippen LogP) is 3.35. The average molecular weight is 286 g/mol. The molecule has 16 heavy (non-hydrogen) atoms. The summed E-state index contributed by atoms with van der Waals surface area (Å²) < 4.78 is 5.08. The van der Waals surface area contributed by atoms with Crippen molar-refractivity contribution in [2.75, 3.05) is 0 Å². The first kappa shape index (κ1) is 13.0. The van der Waals surface area contributed by atoms with Crippen LogP contribution in [0, 0.1) is 6.92 Å². The van der Waals surface area contributed by atoms with Crippen LogP contribution in [0.5, 0.6) is 0 Å². The zero-order chi connectivity index (χ0) is 12.0. The van der Waals surface area contributed by atoms with Crippen molar-refractivity contribution in [1.82, 2.24) is 5.32 Å². The van der Waals surface area contributed by atoms with E-state index in [1.54, 1.807) is 0 Å². The Balaban J connectivity index is 2.37. The third-order valence-corrected chi connectivity index (χ3v) is 2.96. The molecule has 0 heterocycles. The standard InChI is InChI=1S/C12H16BrNO2/c1-3-11(13)14-12(15)16-8-10-6-4-5-9(2)7-10/h4-7,11H,3,8H2,1-2H3,(H,14,15). The molecular formula is C12H16BrNO2. The van der Waals surface area contributed by atoms with Gasteiger partial charge in [0.25, 0.3) is 0 Å². The maximum absolute atomic E-state index is 11.3. The van der Waals surface area contributed by atoms with Crippen LogP contribution in [0.1, 0.15) is 24.5 Å². The van der Waals surface area contributed by atoms with Gasteiger partial charge in [-0.1, -0.05) is 52.7 Å². The van der Waals surface area contributed by atoms with Crippen molar-refractivity contribution in [1.29, 1.82) is 0 Å². The molecule has 88 valence electrons. The lowest BCUT2D eigenvalue weighted by molar-refractivity contribution is 0.139. The molecule has 1 N–H and O–H groups in total. The molecule has 0 saturated heterocycles. The molecule has 4 heteroatoms. The number of alkyl carbamates (subject to hydrolysis) is 1. The van der Waals surface area contributed by atoms with E-state index in [9.17, 15) is 4.79 Å². The molecule has 1 atom stereocenters. The fourth-order valence-electron chi connectivity index (χ4n) is 1.22. The number of rotatable bonds is 4. The molecule has 0 fully saturated rings. The Labute approximate surface area is 104 Å². The third-order valence-electron chi connectivity index (χ3n) is 2.09. The van der Waals surface area contributed by atoms with E-state index in [1.165, 1.54) is 0 Å². The van der Waals surface area contributed by atoms with Gasteiger partial charge in [0.1, 0.15) is 6.61 Å². The van der Waals surface area contributed by atoms with Crippen LogP contribution in [0.15, 0.2) is 24.3 Å². The second-order valence-electron chi connectivity index (χ2n) is 3.59. The van der Waals surface area contributed by atoms with Crippen molar-refractivity contribution in [2.24, 2.45) is 0 Å². The van der Waals surface area contributed by atoms with E-state index in [4.69, 9.17) is 4.74 Å². The van der Waals surface area contributed by atoms with Gasteiger partial charge >= 0.3 is 6.09 Å². The van der Waals surface area contributed by atoms with Crippen LogP contribution in [0.4, 0.5) is 4.79 Å². The molecule has 1 aromatic rings. The maximum atomic E-state index is 11.3. The van der Waals surface area contributed by atoms with E-state index in [0.717, 1.165) is 17.5 Å². The molecule has 1 aromatic carbocycles. The van der Waals surface area contributed by atoms with Gasteiger partial charge in [0, 0.05) is 0 Å². The van der Waals surface area contributed by atoms with Gasteiger partial charge in [-0.2, -0.15) is 0 Å². The Morgan fingerprint density at radius 3 is 2.94 bits per heavy atom. The van der Waals surface area contributed by atoms with E-state index in [2.05, 4.69) is 21.2 Å². The Kier molecular flexibility index (Phi) is 5.32. The van der Waals surface area contributed by atoms with Crippen molar-refractivity contribution in [2.45, 2.75) is 31.8 Å². The maximum Gasteiger partial charge on any atom is 0.408 e. The molecule has 1 amide bonds. The topological polar surface area (TPSA) is 38.3 Å². The van der Waals surface area contributed by atoms with Crippen molar-refractivity contribution in [3.63, 3.8) is 0 Å². The lowest BCUT2D eigenvalue weighted by atomic mass is 10.1. The second kappa shape index (κ2) is 6.53. The molecule has 0 radical (unpaired) electrons. The van der Waals surface area contributed by atoms with Crippen LogP contribution >= 0.6 is 15.9 Å². The molecule has 1 rings (SSSR count). The first-order valence-electron chi connectivity index (χ1n) is 5.24. The van der Waals surface area contributed by atoms with Crippen LogP contribution in [0.2, 0.25) is 0 Å². The van der Waals surface area contributed by atoms with E-state index in [0.29, 0.717) is 6.61 Å². The fourth-order valence-corrected chi connectivity index (χ4v) is 1.41. The molecule has 0 saturated carbocycles. The molecule has 0 aliphatic heterocycles. The quantitative estimate of drug-likeness (QED) is 0.681. The minimum absolute atomic E-state index is 0.0301. The largest absolute Gasteiger partial charge is 0.445 e. The van der Waals surface area contributed by atoms with Gasteiger partial charge in [0.05, 0.1) is 4.95 Å². The van der Waals surface area contributed by atoms with Gasteiger partial charge in [-0.05, 0) is 18.9 Å². The number of benzene rings is 1. The number of carbonyl (C=O) groups is 1. The SMILES string of the molecule is CCC(Br)NC(=O)OCc1cccc(C)c1. The first-order valence-corrected chi connectivity index (χ1v) is 6.16. The van der Waals surface area contributed by atoms with Crippen molar-refractivity contribution in [3.8, 4) is 0 Å². The average Bonchev–Trinajstić information content (AvgIpc) is 2.26. The predicted molar refractivity (Wildman–Crippen MR) is 67.5 cm³/mol. The Bertz CT molecular complexity index is 355. The number of nitrogens with one attached hydrogen (secondary N) is 1. The number of ether oxygens (including phenoxy) is 1. The van der Waals surface area contributed by atoms with Gasteiger partial charge < -0.3 is 10.1 Å². The molecule has 0 spiro atoms. The molecule has 0 aliphatic rings. The van der Waals surface area contributed by atoms with Gasteiger partial charge in [-0.3, -0.25) is 0 Å². The number of aryl methyl sites for hydroxylation is 1. The first-order chi connectivity index (χ1) is 7.61. The van der Waals surface area contributed by atoms with E-state index in [1.807, 2.05) is 38.1 Å². The summed E-state index contributed by atoms with van der Waals surface area (Å²) in [5, 5.41) is 2.67. The molecule has 0 aromatic heterocycles. The van der Waals surface area contributed by atoms with Crippen LogP contribution in [0.25, 0.3) is 0 Å². The van der Waals surface area contributed by atoms with Crippen molar-refractivity contribution in [3.05, 3.63) is 35.4 Å². The monoisotopic (exact) mass is 285 g/mol. The van der Waals surface area contributed by atoms with Crippen LogP contribution in [-0.2, 0) is 11.3 Å². The number of amides is 1. The number of hydrogen-bond donors (Lipinski definition) is 1. The molecule has 3 nitrogen and oxygen atoms in total. The minimum Gasteiger partial charge on any atom is -0.445 e. The lowest BCUT2D eigenvalue weighted by Crippen LogP contribution is -2.30. The highest BCUT2D eigenvalue weighted by molar-refractivity contribution is 9.09. The highest BCUT2D eigenvalue weighted by Gasteiger charge is 2.07. The summed E-state index contributed by atoms with van der Waals surface area (Å²) in [6, 6.07) is 7.89. The number of alkyl halides is 1. The Morgan fingerprint density at radius 1 is 1.56 bits per heavy atom. The summed E-state index contributed by atoms with van der Waals surface area (Å²) in [5.41, 5.74) is 2.16. The Morgan fingerprint density at radius 2 is 2.31 bits per heavy atom. The van der Waals surface area contributed by atoms with Crippen molar-refractivity contribution < 1.29 is 9.53 Å². The molecule has 0 bridgehead atoms. The zero-order valence-electron chi connectivity index (χ0n) is 9.50. The summed E-state index contributed by atoms with van der Waals surface area (Å²) in [6.45, 7) is 4.28. The van der Waals surface area contributed by atoms with E-state index in [-0.39, 0.29) is 4.95 Å². The van der Waals surface area contributed by atoms with Crippen molar-refractivity contribution >= 4 is 22.0 Å². The number of hydrogen-bond acceptors (Lipinski definition) is 2. The van der Waals surface area contributed by atoms with Gasteiger partial charge in [-0.15, -0.1) is 0 Å². The lowest BCUT2D eigenvalue weighted by Gasteiger charge is -2.10. The van der Waals surface area contributed by atoms with Gasteiger partial charge in [0.15, 0.2) is 0 Å². The minimum atomic E-state index is -0.398. The molecule has 1 unspecified atom stereocenters. The molecule has 0 aliphatic carbocycles. The fraction of sp³-hybridized carbons (Fsp3) is 0.417. The van der Waals surface area contributed by atoms with E-state index >= 15 is 0 Å². The highest BCUT2D eigenvalue weighted by Crippen LogP contribution is 2.06. The van der Waals surface area contributed by atoms with Gasteiger partial charge in [-0.25, -0.2) is 4.79 Å². The third kappa shape index (κ3) is 4.66. The van der Waals surface area contributed by atoms with E-state index < -0.39 is 6.09 Å². The van der Waals surface area contributed by atoms with Crippen LogP contribution < -0.4 is 5.32 Å². The Hall–Kier alpha value is -1.03. The summed E-state index contributed by atoms with van der Waals surface area (Å²) in [7, 11) is 0. The second-order valence-corrected chi connectivity index (χ2v) is 4.69. The van der Waals surface area contributed by atoms with Crippen LogP contribution in [0.3, 0.4) is 0 Å². The van der Waals surface area contributed by atoms with Gasteiger partial charge in [0.2, 0.25) is 0 Å². The summed E-state index contributed by atoms with van der Waals surface area (Å²) in [5.74, 6) is 0. The summed E-state index contributed by atoms with van der Waals surface area (Å²) in [6.07, 6.45) is 0.421. The molecular weight excluding hydrogens is 270 g/mol. The van der Waals surface area contributed by atoms with Crippen LogP contribution in [-0.4, -0.2) is 11.0 Å². The number of halogens is 1. The number of carbonyl (C=O) groups excluding carboxylic acids is 1. The summed E-state index contributed by atoms with van der Waals surface area (Å²) in [4.78, 5) is 11.3. The zero-order valence-corrected chi connectivity index (χ0v) is 11.1. The highest BCUT2D eigenvalue weighted by atomic mass is 79.9. The summed E-state index contributed by atoms with van der Waals surface area (Å²) >= 11 is 3.30.